The van der Waals surface area contributed by atoms with Gasteiger partial charge in [-0.2, -0.15) is 0 Å². The topological polar surface area (TPSA) is 59.9 Å². The van der Waals surface area contributed by atoms with Gasteiger partial charge in [-0.25, -0.2) is 9.37 Å². The summed E-state index contributed by atoms with van der Waals surface area (Å²) in [7, 11) is 1.57. The third-order valence-electron chi connectivity index (χ3n) is 4.33. The summed E-state index contributed by atoms with van der Waals surface area (Å²) < 4.78 is 20.1. The van der Waals surface area contributed by atoms with E-state index in [1.165, 1.54) is 12.1 Å². The standard InChI is InChI=1S/C19H16FN3O2/c1-25-14-6-7-16-15(10-14)18(24)17-19(22-16)23(11-21-17)9-8-12-2-4-13(20)5-3-12/h2-7,10-11H,8-9H2,1H3,(H,22,24). The fraction of sp³-hybridized carbons (Fsp3) is 0.158. The van der Waals surface area contributed by atoms with Gasteiger partial charge in [0, 0.05) is 6.54 Å². The van der Waals surface area contributed by atoms with E-state index >= 15 is 0 Å². The summed E-state index contributed by atoms with van der Waals surface area (Å²) in [6.07, 6.45) is 2.37. The molecule has 0 aliphatic heterocycles. The second kappa shape index (κ2) is 6.05. The minimum Gasteiger partial charge on any atom is -0.497 e. The first-order valence-electron chi connectivity index (χ1n) is 7.95. The molecule has 0 saturated carbocycles. The molecule has 0 aliphatic rings. The first kappa shape index (κ1) is 15.4. The number of hydrogen-bond acceptors (Lipinski definition) is 3. The van der Waals surface area contributed by atoms with Crippen molar-refractivity contribution >= 4 is 22.1 Å². The fourth-order valence-electron chi connectivity index (χ4n) is 2.95. The Hall–Kier alpha value is -3.15. The Bertz CT molecular complexity index is 1110. The second-order valence-corrected chi connectivity index (χ2v) is 5.88. The number of fused-ring (bicyclic) bond motifs is 2. The molecule has 0 fully saturated rings. The molecule has 6 heteroatoms. The van der Waals surface area contributed by atoms with Crippen LogP contribution < -0.4 is 10.2 Å². The molecule has 4 rings (SSSR count). The van der Waals surface area contributed by atoms with E-state index in [-0.39, 0.29) is 11.2 Å². The lowest BCUT2D eigenvalue weighted by Crippen LogP contribution is -2.07. The van der Waals surface area contributed by atoms with Crippen LogP contribution in [-0.4, -0.2) is 21.6 Å². The number of nitrogens with one attached hydrogen (secondary N) is 1. The van der Waals surface area contributed by atoms with Crippen molar-refractivity contribution in [2.24, 2.45) is 0 Å². The van der Waals surface area contributed by atoms with Crippen molar-refractivity contribution in [1.82, 2.24) is 14.5 Å². The number of aromatic nitrogens is 3. The lowest BCUT2D eigenvalue weighted by molar-refractivity contribution is 0.415. The maximum Gasteiger partial charge on any atom is 0.217 e. The van der Waals surface area contributed by atoms with Crippen LogP contribution in [-0.2, 0) is 13.0 Å². The molecule has 1 N–H and O–H groups in total. The van der Waals surface area contributed by atoms with E-state index in [4.69, 9.17) is 4.74 Å². The van der Waals surface area contributed by atoms with Gasteiger partial charge in [-0.05, 0) is 42.3 Å². The molecule has 0 atom stereocenters. The van der Waals surface area contributed by atoms with E-state index in [9.17, 15) is 9.18 Å². The molecule has 2 aromatic carbocycles. The van der Waals surface area contributed by atoms with Crippen molar-refractivity contribution in [3.8, 4) is 5.75 Å². The lowest BCUT2D eigenvalue weighted by atomic mass is 10.1. The van der Waals surface area contributed by atoms with E-state index in [0.717, 1.165) is 11.1 Å². The van der Waals surface area contributed by atoms with Crippen molar-refractivity contribution < 1.29 is 9.13 Å². The Labute approximate surface area is 142 Å². The van der Waals surface area contributed by atoms with Crippen LogP contribution in [0.3, 0.4) is 0 Å². The SMILES string of the molecule is COc1ccc2[nH]c3c(ncn3CCc3ccc(F)cc3)c(=O)c2c1. The first-order chi connectivity index (χ1) is 12.2. The Kier molecular flexibility index (Phi) is 3.72. The number of H-pyrrole nitrogens is 1. The maximum atomic E-state index is 13.0. The fourth-order valence-corrected chi connectivity index (χ4v) is 2.95. The second-order valence-electron chi connectivity index (χ2n) is 5.88. The molecule has 0 saturated heterocycles. The van der Waals surface area contributed by atoms with Crippen LogP contribution in [0.1, 0.15) is 5.56 Å². The molecule has 0 spiro atoms. The monoisotopic (exact) mass is 337 g/mol. The van der Waals surface area contributed by atoms with Crippen LogP contribution >= 0.6 is 0 Å². The van der Waals surface area contributed by atoms with Crippen LogP contribution in [0.4, 0.5) is 4.39 Å². The van der Waals surface area contributed by atoms with Crippen LogP contribution in [0.25, 0.3) is 22.1 Å². The number of hydrogen-bond donors (Lipinski definition) is 1. The molecule has 25 heavy (non-hydrogen) atoms. The van der Waals surface area contributed by atoms with Crippen molar-refractivity contribution in [2.75, 3.05) is 7.11 Å². The highest BCUT2D eigenvalue weighted by Gasteiger charge is 2.11. The van der Waals surface area contributed by atoms with E-state index < -0.39 is 0 Å². The zero-order valence-electron chi connectivity index (χ0n) is 13.6. The Morgan fingerprint density at radius 2 is 2.00 bits per heavy atom. The number of methoxy groups -OCH3 is 1. The largest absolute Gasteiger partial charge is 0.497 e. The minimum absolute atomic E-state index is 0.122. The smallest absolute Gasteiger partial charge is 0.217 e. The third kappa shape index (κ3) is 2.76. The van der Waals surface area contributed by atoms with Gasteiger partial charge in [0.05, 0.1) is 24.3 Å². The third-order valence-corrected chi connectivity index (χ3v) is 4.33. The first-order valence-corrected chi connectivity index (χ1v) is 7.95. The Morgan fingerprint density at radius 3 is 2.76 bits per heavy atom. The minimum atomic E-state index is -0.247. The molecular weight excluding hydrogens is 321 g/mol. The van der Waals surface area contributed by atoms with E-state index in [1.807, 2.05) is 16.7 Å². The molecule has 5 nitrogen and oxygen atoms in total. The predicted molar refractivity (Wildman–Crippen MR) is 94.5 cm³/mol. The molecule has 0 radical (unpaired) electrons. The molecule has 0 unspecified atom stereocenters. The highest BCUT2D eigenvalue weighted by Crippen LogP contribution is 2.19. The number of rotatable bonds is 4. The van der Waals surface area contributed by atoms with Gasteiger partial charge >= 0.3 is 0 Å². The van der Waals surface area contributed by atoms with Crippen molar-refractivity contribution in [2.45, 2.75) is 13.0 Å². The van der Waals surface area contributed by atoms with Gasteiger partial charge in [-0.15, -0.1) is 0 Å². The number of imidazole rings is 1. The summed E-state index contributed by atoms with van der Waals surface area (Å²) in [5.41, 5.74) is 2.73. The zero-order chi connectivity index (χ0) is 17.4. The van der Waals surface area contributed by atoms with Gasteiger partial charge in [-0.3, -0.25) is 4.79 Å². The lowest BCUT2D eigenvalue weighted by Gasteiger charge is -2.06. The Morgan fingerprint density at radius 1 is 1.20 bits per heavy atom. The number of nitrogens with zero attached hydrogens (tertiary/aromatic N) is 2. The summed E-state index contributed by atoms with van der Waals surface area (Å²) in [6.45, 7) is 0.639. The van der Waals surface area contributed by atoms with Gasteiger partial charge in [0.1, 0.15) is 17.2 Å². The van der Waals surface area contributed by atoms with E-state index in [2.05, 4.69) is 9.97 Å². The van der Waals surface area contributed by atoms with Crippen molar-refractivity contribution in [1.29, 1.82) is 0 Å². The molecular formula is C19H16FN3O2. The number of pyridine rings is 1. The normalized spacial score (nSPS) is 11.3. The van der Waals surface area contributed by atoms with Crippen LogP contribution in [0.5, 0.6) is 5.75 Å². The van der Waals surface area contributed by atoms with Crippen LogP contribution in [0.2, 0.25) is 0 Å². The molecule has 2 heterocycles. The quantitative estimate of drug-likeness (QED) is 0.622. The zero-order valence-corrected chi connectivity index (χ0v) is 13.6. The molecule has 2 aromatic heterocycles. The highest BCUT2D eigenvalue weighted by molar-refractivity contribution is 5.90. The number of ether oxygens (including phenoxy) is 1. The molecule has 4 aromatic rings. The van der Waals surface area contributed by atoms with Crippen LogP contribution in [0.15, 0.2) is 53.6 Å². The summed E-state index contributed by atoms with van der Waals surface area (Å²) in [4.78, 5) is 20.2. The average molecular weight is 337 g/mol. The maximum absolute atomic E-state index is 13.0. The van der Waals surface area contributed by atoms with Gasteiger partial charge < -0.3 is 14.3 Å². The van der Waals surface area contributed by atoms with Gasteiger partial charge in [0.15, 0.2) is 5.52 Å². The summed E-state index contributed by atoms with van der Waals surface area (Å²) in [5.74, 6) is 0.385. The van der Waals surface area contributed by atoms with Crippen molar-refractivity contribution in [3.05, 3.63) is 70.4 Å². The number of aromatic amines is 1. The van der Waals surface area contributed by atoms with Crippen LogP contribution in [0, 0.1) is 5.82 Å². The Balaban J connectivity index is 1.73. The van der Waals surface area contributed by atoms with Gasteiger partial charge in [0.2, 0.25) is 5.43 Å². The van der Waals surface area contributed by atoms with Gasteiger partial charge in [-0.1, -0.05) is 12.1 Å². The predicted octanol–water partition coefficient (Wildman–Crippen LogP) is 3.27. The number of halogens is 1. The van der Waals surface area contributed by atoms with Crippen molar-refractivity contribution in [3.63, 3.8) is 0 Å². The molecule has 0 amide bonds. The van der Waals surface area contributed by atoms with E-state index in [0.29, 0.717) is 35.3 Å². The summed E-state index contributed by atoms with van der Waals surface area (Å²) >= 11 is 0. The van der Waals surface area contributed by atoms with E-state index in [1.54, 1.807) is 31.6 Å². The molecule has 0 aliphatic carbocycles. The summed E-state index contributed by atoms with van der Waals surface area (Å²) in [5, 5.41) is 0.552. The summed E-state index contributed by atoms with van der Waals surface area (Å²) in [6, 6.07) is 11.8. The number of benzene rings is 2. The molecule has 126 valence electrons. The highest BCUT2D eigenvalue weighted by atomic mass is 19.1. The van der Waals surface area contributed by atoms with Gasteiger partial charge in [0.25, 0.3) is 0 Å². The molecule has 0 bridgehead atoms. The number of aryl methyl sites for hydroxylation is 2. The average Bonchev–Trinajstić information content (AvgIpc) is 3.04.